The summed E-state index contributed by atoms with van der Waals surface area (Å²) < 4.78 is 17.5. The highest BCUT2D eigenvalue weighted by molar-refractivity contribution is 5.95. The van der Waals surface area contributed by atoms with Crippen molar-refractivity contribution in [1.29, 1.82) is 0 Å². The van der Waals surface area contributed by atoms with Crippen molar-refractivity contribution in [2.24, 2.45) is 0 Å². The van der Waals surface area contributed by atoms with Gasteiger partial charge in [-0.15, -0.1) is 0 Å². The first-order valence-corrected chi connectivity index (χ1v) is 8.42. The lowest BCUT2D eigenvalue weighted by molar-refractivity contribution is 0.0378. The number of hydrogen-bond acceptors (Lipinski definition) is 4. The maximum atomic E-state index is 12.9. The lowest BCUT2D eigenvalue weighted by Crippen LogP contribution is -2.65. The largest absolute Gasteiger partial charge is 0.486 e. The second kappa shape index (κ2) is 5.05. The van der Waals surface area contributed by atoms with E-state index < -0.39 is 5.72 Å². The van der Waals surface area contributed by atoms with E-state index in [0.717, 1.165) is 17.0 Å². The molecule has 2 bridgehead atoms. The van der Waals surface area contributed by atoms with Gasteiger partial charge >= 0.3 is 6.03 Å². The van der Waals surface area contributed by atoms with E-state index in [2.05, 4.69) is 5.32 Å². The highest BCUT2D eigenvalue weighted by atomic mass is 16.6. The summed E-state index contributed by atoms with van der Waals surface area (Å²) in [6.45, 7) is 2.99. The number of benzene rings is 2. The fraction of sp³-hybridized carbons (Fsp3) is 0.316. The zero-order chi connectivity index (χ0) is 17.0. The molecule has 6 nitrogen and oxygen atoms in total. The normalized spacial score (nSPS) is 26.4. The van der Waals surface area contributed by atoms with Crippen LogP contribution in [0.5, 0.6) is 17.2 Å². The topological polar surface area (TPSA) is 60.0 Å². The predicted molar refractivity (Wildman–Crippen MR) is 91.3 cm³/mol. The van der Waals surface area contributed by atoms with E-state index in [1.807, 2.05) is 49.4 Å². The lowest BCUT2D eigenvalue weighted by atomic mass is 9.90. The van der Waals surface area contributed by atoms with E-state index in [9.17, 15) is 4.79 Å². The fourth-order valence-corrected chi connectivity index (χ4v) is 3.88. The molecule has 2 atom stereocenters. The van der Waals surface area contributed by atoms with Crippen LogP contribution in [0, 0.1) is 0 Å². The molecule has 3 heterocycles. The molecule has 1 N–H and O–H groups in total. The number of anilines is 1. The van der Waals surface area contributed by atoms with Crippen LogP contribution in [0.25, 0.3) is 0 Å². The minimum absolute atomic E-state index is 0.0455. The molecule has 3 aliphatic heterocycles. The van der Waals surface area contributed by atoms with Crippen LogP contribution in [0.4, 0.5) is 10.5 Å². The molecule has 0 radical (unpaired) electrons. The van der Waals surface area contributed by atoms with Gasteiger partial charge in [0.2, 0.25) is 0 Å². The fourth-order valence-electron chi connectivity index (χ4n) is 3.88. The Morgan fingerprint density at radius 2 is 1.88 bits per heavy atom. The quantitative estimate of drug-likeness (QED) is 0.867. The third-order valence-electron chi connectivity index (χ3n) is 4.96. The van der Waals surface area contributed by atoms with E-state index in [-0.39, 0.29) is 12.1 Å². The van der Waals surface area contributed by atoms with Crippen molar-refractivity contribution in [3.8, 4) is 17.2 Å². The van der Waals surface area contributed by atoms with E-state index in [4.69, 9.17) is 14.2 Å². The summed E-state index contributed by atoms with van der Waals surface area (Å²) in [6, 6.07) is 13.2. The molecule has 25 heavy (non-hydrogen) atoms. The number of ether oxygens (including phenoxy) is 3. The van der Waals surface area contributed by atoms with Gasteiger partial charge in [0.15, 0.2) is 17.2 Å². The molecule has 0 aromatic heterocycles. The molecule has 3 aliphatic rings. The third kappa shape index (κ3) is 2.13. The Labute approximate surface area is 145 Å². The van der Waals surface area contributed by atoms with Crippen LogP contribution < -0.4 is 24.4 Å². The van der Waals surface area contributed by atoms with E-state index >= 15 is 0 Å². The predicted octanol–water partition coefficient (Wildman–Crippen LogP) is 3.23. The zero-order valence-corrected chi connectivity index (χ0v) is 13.8. The van der Waals surface area contributed by atoms with Crippen molar-refractivity contribution in [2.75, 3.05) is 18.1 Å². The molecule has 1 saturated heterocycles. The molecule has 128 valence electrons. The van der Waals surface area contributed by atoms with E-state index in [0.29, 0.717) is 31.1 Å². The first-order chi connectivity index (χ1) is 12.1. The number of amides is 2. The number of para-hydroxylation sites is 1. The minimum Gasteiger partial charge on any atom is -0.486 e. The van der Waals surface area contributed by atoms with Crippen LogP contribution in [-0.4, -0.2) is 25.0 Å². The molecule has 2 aromatic carbocycles. The molecule has 0 spiro atoms. The van der Waals surface area contributed by atoms with Crippen molar-refractivity contribution in [2.45, 2.75) is 25.1 Å². The Morgan fingerprint density at radius 1 is 1.08 bits per heavy atom. The highest BCUT2D eigenvalue weighted by Gasteiger charge is 2.49. The van der Waals surface area contributed by atoms with Crippen molar-refractivity contribution in [3.05, 3.63) is 48.0 Å². The number of carbonyl (C=O) groups excluding carboxylic acids is 1. The van der Waals surface area contributed by atoms with Gasteiger partial charge in [0, 0.05) is 18.1 Å². The Balaban J connectivity index is 1.57. The molecule has 2 amide bonds. The van der Waals surface area contributed by atoms with Gasteiger partial charge in [0.05, 0.1) is 11.7 Å². The van der Waals surface area contributed by atoms with Crippen LogP contribution in [0.15, 0.2) is 42.5 Å². The number of nitrogens with one attached hydrogen (secondary N) is 1. The number of rotatable bonds is 1. The Hall–Kier alpha value is -2.89. The first-order valence-electron chi connectivity index (χ1n) is 8.42. The summed E-state index contributed by atoms with van der Waals surface area (Å²) in [5.74, 6) is 2.16. The van der Waals surface area contributed by atoms with Crippen molar-refractivity contribution in [3.63, 3.8) is 0 Å². The smallest absolute Gasteiger partial charge is 0.325 e. The summed E-state index contributed by atoms with van der Waals surface area (Å²) >= 11 is 0. The van der Waals surface area contributed by atoms with Gasteiger partial charge in [-0.3, -0.25) is 4.90 Å². The van der Waals surface area contributed by atoms with Crippen LogP contribution in [0.2, 0.25) is 0 Å². The number of carbonyl (C=O) groups is 1. The number of nitrogens with zero attached hydrogens (tertiary/aromatic N) is 1. The summed E-state index contributed by atoms with van der Waals surface area (Å²) in [4.78, 5) is 14.5. The summed E-state index contributed by atoms with van der Waals surface area (Å²) in [5, 5.41) is 3.09. The SMILES string of the molecule is C[C@]12C[C@@H](NC(=O)N1c1ccc3c(c1)OCCO3)c1ccccc1O2. The number of urea groups is 1. The molecule has 5 rings (SSSR count). The molecule has 6 heteroatoms. The Kier molecular flexibility index (Phi) is 2.92. The van der Waals surface area contributed by atoms with Gasteiger partial charge in [0.1, 0.15) is 19.0 Å². The Morgan fingerprint density at radius 3 is 2.76 bits per heavy atom. The van der Waals surface area contributed by atoms with E-state index in [1.54, 1.807) is 4.90 Å². The first kappa shape index (κ1) is 14.5. The minimum atomic E-state index is -0.759. The molecule has 0 saturated carbocycles. The van der Waals surface area contributed by atoms with Gasteiger partial charge in [-0.25, -0.2) is 4.79 Å². The van der Waals surface area contributed by atoms with Crippen LogP contribution in [0.1, 0.15) is 24.9 Å². The molecule has 0 unspecified atom stereocenters. The standard InChI is InChI=1S/C19H18N2O4/c1-19-11-14(13-4-2-3-5-15(13)25-19)20-18(22)21(19)12-6-7-16-17(10-12)24-9-8-23-16/h2-7,10,14H,8-9,11H2,1H3,(H,20,22)/t14-,19+/m1/s1. The second-order valence-corrected chi connectivity index (χ2v) is 6.68. The maximum absolute atomic E-state index is 12.9. The second-order valence-electron chi connectivity index (χ2n) is 6.68. The summed E-state index contributed by atoms with van der Waals surface area (Å²) in [7, 11) is 0. The zero-order valence-electron chi connectivity index (χ0n) is 13.8. The van der Waals surface area contributed by atoms with Gasteiger partial charge < -0.3 is 19.5 Å². The Bertz CT molecular complexity index is 868. The average molecular weight is 338 g/mol. The monoisotopic (exact) mass is 338 g/mol. The van der Waals surface area contributed by atoms with Crippen LogP contribution in [0.3, 0.4) is 0 Å². The molecule has 0 aliphatic carbocycles. The van der Waals surface area contributed by atoms with Crippen LogP contribution in [-0.2, 0) is 0 Å². The van der Waals surface area contributed by atoms with E-state index in [1.165, 1.54) is 0 Å². The molecule has 2 aromatic rings. The maximum Gasteiger partial charge on any atom is 0.325 e. The molecular formula is C19H18N2O4. The van der Waals surface area contributed by atoms with Gasteiger partial charge in [0.25, 0.3) is 0 Å². The molecule has 1 fully saturated rings. The van der Waals surface area contributed by atoms with Gasteiger partial charge in [-0.2, -0.15) is 0 Å². The lowest BCUT2D eigenvalue weighted by Gasteiger charge is -2.50. The van der Waals surface area contributed by atoms with Crippen molar-refractivity contribution < 1.29 is 19.0 Å². The van der Waals surface area contributed by atoms with Crippen molar-refractivity contribution in [1.82, 2.24) is 5.32 Å². The van der Waals surface area contributed by atoms with Gasteiger partial charge in [-0.05, 0) is 25.1 Å². The number of hydrogen-bond donors (Lipinski definition) is 1. The highest BCUT2D eigenvalue weighted by Crippen LogP contribution is 2.46. The summed E-state index contributed by atoms with van der Waals surface area (Å²) in [6.07, 6.45) is 0.671. The average Bonchev–Trinajstić information content (AvgIpc) is 2.61. The third-order valence-corrected chi connectivity index (χ3v) is 4.96. The van der Waals surface area contributed by atoms with Crippen molar-refractivity contribution >= 4 is 11.7 Å². The molecular weight excluding hydrogens is 320 g/mol. The van der Waals surface area contributed by atoms with Gasteiger partial charge in [-0.1, -0.05) is 18.2 Å². The van der Waals surface area contributed by atoms with Crippen LogP contribution >= 0.6 is 0 Å². The summed E-state index contributed by atoms with van der Waals surface area (Å²) in [5.41, 5.74) is 0.989. The number of fused-ring (bicyclic) bond motifs is 5.